The van der Waals surface area contributed by atoms with E-state index in [1.165, 1.54) is 28.9 Å². The Labute approximate surface area is 132 Å². The molecule has 0 amide bonds. The summed E-state index contributed by atoms with van der Waals surface area (Å²) in [6.07, 6.45) is 0. The van der Waals surface area contributed by atoms with E-state index in [9.17, 15) is 9.18 Å². The molecular formula is C16H12FN3OS. The van der Waals surface area contributed by atoms with E-state index < -0.39 is 5.82 Å². The largest absolute Gasteiger partial charge is 0.279 e. The van der Waals surface area contributed by atoms with Crippen molar-refractivity contribution < 1.29 is 9.18 Å². The molecule has 3 rings (SSSR count). The summed E-state index contributed by atoms with van der Waals surface area (Å²) in [7, 11) is 0. The normalized spacial score (nSPS) is 10.6. The highest BCUT2D eigenvalue weighted by molar-refractivity contribution is 7.79. The number of benzene rings is 2. The molecule has 0 N–H and O–H groups in total. The number of thiol groups is 1. The van der Waals surface area contributed by atoms with E-state index in [0.29, 0.717) is 17.2 Å². The molecule has 0 aliphatic rings. The Bertz CT molecular complexity index is 800. The summed E-state index contributed by atoms with van der Waals surface area (Å²) in [5.74, 6) is 0.414. The number of hydrogen-bond donors (Lipinski definition) is 1. The van der Waals surface area contributed by atoms with Crippen LogP contribution >= 0.6 is 12.6 Å². The SMILES string of the molecule is O=C(c1ccc(F)cc1)n1nc(-c2ccccc2)nc1CS. The zero-order chi connectivity index (χ0) is 15.5. The first-order chi connectivity index (χ1) is 10.7. The van der Waals surface area contributed by atoms with Crippen molar-refractivity contribution in [2.45, 2.75) is 5.75 Å². The maximum absolute atomic E-state index is 13.0. The van der Waals surface area contributed by atoms with E-state index in [2.05, 4.69) is 22.7 Å². The molecule has 0 aliphatic heterocycles. The topological polar surface area (TPSA) is 47.8 Å². The van der Waals surface area contributed by atoms with Crippen LogP contribution in [0.2, 0.25) is 0 Å². The third-order valence-corrected chi connectivity index (χ3v) is 3.41. The van der Waals surface area contributed by atoms with Crippen molar-refractivity contribution >= 4 is 18.5 Å². The monoisotopic (exact) mass is 313 g/mol. The van der Waals surface area contributed by atoms with Crippen LogP contribution in [0, 0.1) is 5.82 Å². The highest BCUT2D eigenvalue weighted by Crippen LogP contribution is 2.17. The first kappa shape index (κ1) is 14.5. The predicted octanol–water partition coefficient (Wildman–Crippen LogP) is 3.20. The molecule has 0 saturated carbocycles. The van der Waals surface area contributed by atoms with Crippen molar-refractivity contribution in [2.75, 3.05) is 0 Å². The van der Waals surface area contributed by atoms with E-state index in [0.717, 1.165) is 5.56 Å². The Balaban J connectivity index is 2.01. The second-order valence-corrected chi connectivity index (χ2v) is 4.92. The highest BCUT2D eigenvalue weighted by atomic mass is 32.1. The van der Waals surface area contributed by atoms with Crippen molar-refractivity contribution in [2.24, 2.45) is 0 Å². The van der Waals surface area contributed by atoms with E-state index >= 15 is 0 Å². The first-order valence-corrected chi connectivity index (χ1v) is 7.25. The van der Waals surface area contributed by atoms with Crippen LogP contribution in [0.15, 0.2) is 54.6 Å². The highest BCUT2D eigenvalue weighted by Gasteiger charge is 2.17. The number of carbonyl (C=O) groups is 1. The third-order valence-electron chi connectivity index (χ3n) is 3.13. The van der Waals surface area contributed by atoms with E-state index in [-0.39, 0.29) is 11.7 Å². The molecule has 4 nitrogen and oxygen atoms in total. The van der Waals surface area contributed by atoms with Crippen LogP contribution in [-0.2, 0) is 5.75 Å². The van der Waals surface area contributed by atoms with Gasteiger partial charge < -0.3 is 0 Å². The molecule has 2 aromatic carbocycles. The van der Waals surface area contributed by atoms with Gasteiger partial charge in [-0.1, -0.05) is 30.3 Å². The average Bonchev–Trinajstić information content (AvgIpc) is 3.00. The Morgan fingerprint density at radius 3 is 2.41 bits per heavy atom. The van der Waals surface area contributed by atoms with Crippen LogP contribution in [0.25, 0.3) is 11.4 Å². The molecule has 0 fully saturated rings. The lowest BCUT2D eigenvalue weighted by atomic mass is 10.2. The van der Waals surface area contributed by atoms with Crippen LogP contribution < -0.4 is 0 Å². The van der Waals surface area contributed by atoms with Gasteiger partial charge in [-0.05, 0) is 24.3 Å². The molecule has 6 heteroatoms. The molecule has 0 spiro atoms. The Kier molecular flexibility index (Phi) is 4.02. The molecule has 110 valence electrons. The minimum absolute atomic E-state index is 0.271. The second kappa shape index (κ2) is 6.11. The van der Waals surface area contributed by atoms with Gasteiger partial charge in [-0.15, -0.1) is 5.10 Å². The first-order valence-electron chi connectivity index (χ1n) is 6.61. The minimum atomic E-state index is -0.394. The molecule has 3 aromatic rings. The Hall–Kier alpha value is -2.47. The summed E-state index contributed by atoms with van der Waals surface area (Å²) >= 11 is 4.19. The maximum Gasteiger partial charge on any atom is 0.279 e. The van der Waals surface area contributed by atoms with E-state index in [4.69, 9.17) is 0 Å². The number of aromatic nitrogens is 3. The number of halogens is 1. The van der Waals surface area contributed by atoms with Crippen molar-refractivity contribution in [3.63, 3.8) is 0 Å². The van der Waals surface area contributed by atoms with Crippen molar-refractivity contribution in [1.29, 1.82) is 0 Å². The summed E-state index contributed by atoms with van der Waals surface area (Å²) in [5.41, 5.74) is 1.16. The standard InChI is InChI=1S/C16H12FN3OS/c17-13-8-6-12(7-9-13)16(21)20-14(10-22)18-15(19-20)11-4-2-1-3-5-11/h1-9,22H,10H2. The van der Waals surface area contributed by atoms with Gasteiger partial charge in [0.25, 0.3) is 5.91 Å². The van der Waals surface area contributed by atoms with Gasteiger partial charge in [0.2, 0.25) is 0 Å². The number of carbonyl (C=O) groups excluding carboxylic acids is 1. The fraction of sp³-hybridized carbons (Fsp3) is 0.0625. The fourth-order valence-electron chi connectivity index (χ4n) is 2.03. The van der Waals surface area contributed by atoms with Crippen LogP contribution in [0.3, 0.4) is 0 Å². The lowest BCUT2D eigenvalue weighted by Gasteiger charge is -2.02. The smallest absolute Gasteiger partial charge is 0.267 e. The zero-order valence-electron chi connectivity index (χ0n) is 11.5. The van der Waals surface area contributed by atoms with Crippen LogP contribution in [-0.4, -0.2) is 20.7 Å². The summed E-state index contributed by atoms with van der Waals surface area (Å²) in [5, 5.41) is 4.26. The van der Waals surface area contributed by atoms with Gasteiger partial charge in [-0.3, -0.25) is 4.79 Å². The van der Waals surface area contributed by atoms with Crippen molar-refractivity contribution in [1.82, 2.24) is 14.8 Å². The van der Waals surface area contributed by atoms with Crippen LogP contribution in [0.1, 0.15) is 16.2 Å². The average molecular weight is 313 g/mol. The Morgan fingerprint density at radius 1 is 1.09 bits per heavy atom. The summed E-state index contributed by atoms with van der Waals surface area (Å²) in [6.45, 7) is 0. The number of rotatable bonds is 3. The lowest BCUT2D eigenvalue weighted by Crippen LogP contribution is -2.16. The number of nitrogens with zero attached hydrogens (tertiary/aromatic N) is 3. The molecule has 1 heterocycles. The fourth-order valence-corrected chi connectivity index (χ4v) is 2.24. The summed E-state index contributed by atoms with van der Waals surface area (Å²) in [6, 6.07) is 14.7. The van der Waals surface area contributed by atoms with Gasteiger partial charge in [-0.25, -0.2) is 9.37 Å². The van der Waals surface area contributed by atoms with Crippen LogP contribution in [0.5, 0.6) is 0 Å². The van der Waals surface area contributed by atoms with Gasteiger partial charge in [0.1, 0.15) is 11.6 Å². The van der Waals surface area contributed by atoms with Crippen molar-refractivity contribution in [3.05, 3.63) is 71.8 Å². The van der Waals surface area contributed by atoms with Gasteiger partial charge in [0, 0.05) is 11.1 Å². The second-order valence-electron chi connectivity index (χ2n) is 4.60. The van der Waals surface area contributed by atoms with Crippen molar-refractivity contribution in [3.8, 4) is 11.4 Å². The molecule has 1 aromatic heterocycles. The van der Waals surface area contributed by atoms with Crippen LogP contribution in [0.4, 0.5) is 4.39 Å². The van der Waals surface area contributed by atoms with E-state index in [1.54, 1.807) is 0 Å². The lowest BCUT2D eigenvalue weighted by molar-refractivity contribution is 0.0942. The van der Waals surface area contributed by atoms with E-state index in [1.807, 2.05) is 30.3 Å². The zero-order valence-corrected chi connectivity index (χ0v) is 12.4. The van der Waals surface area contributed by atoms with Gasteiger partial charge in [0.05, 0.1) is 5.75 Å². The molecule has 0 bridgehead atoms. The third kappa shape index (κ3) is 2.78. The molecule has 0 atom stereocenters. The maximum atomic E-state index is 13.0. The number of hydrogen-bond acceptors (Lipinski definition) is 4. The predicted molar refractivity (Wildman–Crippen MR) is 84.3 cm³/mol. The van der Waals surface area contributed by atoms with Gasteiger partial charge in [-0.2, -0.15) is 17.3 Å². The molecule has 0 saturated heterocycles. The quantitative estimate of drug-likeness (QED) is 0.755. The minimum Gasteiger partial charge on any atom is -0.267 e. The Morgan fingerprint density at radius 2 is 1.77 bits per heavy atom. The van der Waals surface area contributed by atoms with Gasteiger partial charge >= 0.3 is 0 Å². The van der Waals surface area contributed by atoms with Gasteiger partial charge in [0.15, 0.2) is 5.82 Å². The molecule has 0 radical (unpaired) electrons. The molecule has 0 aliphatic carbocycles. The summed E-state index contributed by atoms with van der Waals surface area (Å²) in [4.78, 5) is 16.8. The molecule has 22 heavy (non-hydrogen) atoms. The molecule has 0 unspecified atom stereocenters. The summed E-state index contributed by atoms with van der Waals surface area (Å²) < 4.78 is 14.2. The molecular weight excluding hydrogens is 301 g/mol.